The number of carbonyl (C=O) groups excluding carboxylic acids is 2. The van der Waals surface area contributed by atoms with E-state index < -0.39 is 42.9 Å². The van der Waals surface area contributed by atoms with E-state index in [9.17, 15) is 30.0 Å². The molecule has 2 aliphatic heterocycles. The Balaban J connectivity index is 1.33. The lowest BCUT2D eigenvalue weighted by Crippen LogP contribution is -2.60. The summed E-state index contributed by atoms with van der Waals surface area (Å²) in [6.45, 7) is 8.51. The van der Waals surface area contributed by atoms with Gasteiger partial charge in [0, 0.05) is 37.2 Å². The quantitative estimate of drug-likeness (QED) is 0.206. The van der Waals surface area contributed by atoms with Crippen LogP contribution in [0.3, 0.4) is 0 Å². The predicted molar refractivity (Wildman–Crippen MR) is 162 cm³/mol. The van der Waals surface area contributed by atoms with Crippen LogP contribution in [0, 0.1) is 0 Å². The Morgan fingerprint density at radius 1 is 1.07 bits per heavy atom. The van der Waals surface area contributed by atoms with Crippen molar-refractivity contribution in [1.29, 1.82) is 0 Å². The van der Waals surface area contributed by atoms with Crippen LogP contribution < -0.4 is 10.1 Å². The Bertz CT molecular complexity index is 1240. The molecule has 2 fully saturated rings. The Morgan fingerprint density at radius 3 is 2.36 bits per heavy atom. The van der Waals surface area contributed by atoms with Crippen molar-refractivity contribution in [1.82, 2.24) is 20.4 Å². The standard InChI is InChI=1S/C32H48N4O8/c1-19(2)25-22(29(35-34-25)44-30-28(41)27(40)26(39)23(18-37)43-30)17-21-13-11-20(12-14-21)9-8-10-24(38)33-32(3,4)31(42)36-15-6-5-7-16-36/h11-14,19,23,26-28,30,37,39-41H,5-10,15-18H2,1-4H3,(H,33,38)(H,34,35)/t23-,26-,27+,28-,30+/m1/s1. The molecule has 12 nitrogen and oxygen atoms in total. The number of aromatic nitrogens is 2. The molecule has 0 radical (unpaired) electrons. The number of aliphatic hydroxyl groups is 4. The monoisotopic (exact) mass is 616 g/mol. The molecule has 3 heterocycles. The summed E-state index contributed by atoms with van der Waals surface area (Å²) in [5.41, 5.74) is 2.76. The zero-order chi connectivity index (χ0) is 32.0. The van der Waals surface area contributed by atoms with E-state index in [0.29, 0.717) is 25.7 Å². The number of hydrogen-bond donors (Lipinski definition) is 6. The SMILES string of the molecule is CC(C)c1[nH]nc(O[C@@H]2O[C@H](CO)[C@@H](O)[C@H](O)[C@H]2O)c1Cc1ccc(CCCC(=O)NC(C)(C)C(=O)N2CCCCC2)cc1. The molecule has 2 aromatic rings. The molecule has 0 spiro atoms. The summed E-state index contributed by atoms with van der Waals surface area (Å²) < 4.78 is 11.4. The lowest BCUT2D eigenvalue weighted by atomic mass is 9.97. The van der Waals surface area contributed by atoms with E-state index in [-0.39, 0.29) is 23.6 Å². The number of likely N-dealkylation sites (tertiary alicyclic amines) is 1. The molecule has 0 unspecified atom stereocenters. The minimum absolute atomic E-state index is 0.0267. The second-order valence-corrected chi connectivity index (χ2v) is 12.8. The summed E-state index contributed by atoms with van der Waals surface area (Å²) in [5, 5.41) is 50.4. The fourth-order valence-corrected chi connectivity index (χ4v) is 5.82. The van der Waals surface area contributed by atoms with Crippen molar-refractivity contribution in [2.75, 3.05) is 19.7 Å². The van der Waals surface area contributed by atoms with Crippen molar-refractivity contribution in [3.8, 4) is 5.88 Å². The molecule has 4 rings (SSSR count). The summed E-state index contributed by atoms with van der Waals surface area (Å²) in [6.07, 6.45) is -1.68. The second-order valence-electron chi connectivity index (χ2n) is 12.8. The maximum absolute atomic E-state index is 12.9. The van der Waals surface area contributed by atoms with Gasteiger partial charge in [0.1, 0.15) is 30.0 Å². The second kappa shape index (κ2) is 14.8. The third-order valence-electron chi connectivity index (χ3n) is 8.42. The predicted octanol–water partition coefficient (Wildman–Crippen LogP) is 1.53. The third kappa shape index (κ3) is 8.16. The van der Waals surface area contributed by atoms with Crippen LogP contribution in [-0.4, -0.2) is 103 Å². The van der Waals surface area contributed by atoms with Gasteiger partial charge in [0.2, 0.25) is 24.0 Å². The normalized spacial score (nSPS) is 24.4. The highest BCUT2D eigenvalue weighted by Crippen LogP contribution is 2.31. The van der Waals surface area contributed by atoms with Gasteiger partial charge in [0.25, 0.3) is 0 Å². The van der Waals surface area contributed by atoms with E-state index in [1.54, 1.807) is 13.8 Å². The number of hydrogen-bond acceptors (Lipinski definition) is 9. The smallest absolute Gasteiger partial charge is 0.247 e. The van der Waals surface area contributed by atoms with Gasteiger partial charge in [-0.25, -0.2) is 0 Å². The number of piperidine rings is 1. The van der Waals surface area contributed by atoms with Gasteiger partial charge in [-0.3, -0.25) is 14.7 Å². The largest absolute Gasteiger partial charge is 0.443 e. The number of amides is 2. The van der Waals surface area contributed by atoms with Crippen LogP contribution >= 0.6 is 0 Å². The Hall–Kier alpha value is -3.03. The van der Waals surface area contributed by atoms with Crippen molar-refractivity contribution in [3.05, 3.63) is 46.6 Å². The van der Waals surface area contributed by atoms with E-state index in [4.69, 9.17) is 9.47 Å². The van der Waals surface area contributed by atoms with Gasteiger partial charge in [-0.1, -0.05) is 38.1 Å². The van der Waals surface area contributed by atoms with Gasteiger partial charge in [0.05, 0.1) is 6.61 Å². The zero-order valence-electron chi connectivity index (χ0n) is 26.2. The molecule has 0 saturated carbocycles. The lowest BCUT2D eigenvalue weighted by molar-refractivity contribution is -0.278. The van der Waals surface area contributed by atoms with Gasteiger partial charge in [-0.15, -0.1) is 5.10 Å². The number of aromatic amines is 1. The third-order valence-corrected chi connectivity index (χ3v) is 8.42. The van der Waals surface area contributed by atoms with E-state index in [0.717, 1.165) is 54.7 Å². The first-order valence-corrected chi connectivity index (χ1v) is 15.6. The van der Waals surface area contributed by atoms with Crippen LogP contribution in [-0.2, 0) is 27.2 Å². The number of aliphatic hydroxyl groups excluding tert-OH is 4. The molecule has 6 N–H and O–H groups in total. The van der Waals surface area contributed by atoms with E-state index in [2.05, 4.69) is 15.5 Å². The molecule has 12 heteroatoms. The highest BCUT2D eigenvalue weighted by molar-refractivity contribution is 5.90. The van der Waals surface area contributed by atoms with E-state index in [1.165, 1.54) is 0 Å². The summed E-state index contributed by atoms with van der Waals surface area (Å²) >= 11 is 0. The van der Waals surface area contributed by atoms with Crippen molar-refractivity contribution in [2.24, 2.45) is 0 Å². The van der Waals surface area contributed by atoms with Crippen LogP contribution in [0.15, 0.2) is 24.3 Å². The molecule has 2 saturated heterocycles. The van der Waals surface area contributed by atoms with Gasteiger partial charge >= 0.3 is 0 Å². The van der Waals surface area contributed by atoms with Gasteiger partial charge < -0.3 is 40.1 Å². The molecule has 2 amide bonds. The van der Waals surface area contributed by atoms with Crippen LogP contribution in [0.4, 0.5) is 0 Å². The highest BCUT2D eigenvalue weighted by Gasteiger charge is 2.45. The number of ether oxygens (including phenoxy) is 2. The number of nitrogens with one attached hydrogen (secondary N) is 2. The maximum atomic E-state index is 12.9. The molecule has 1 aromatic heterocycles. The minimum atomic E-state index is -1.55. The van der Waals surface area contributed by atoms with Crippen LogP contribution in [0.1, 0.15) is 88.1 Å². The summed E-state index contributed by atoms with van der Waals surface area (Å²) in [6, 6.07) is 8.05. The Morgan fingerprint density at radius 2 is 1.73 bits per heavy atom. The number of carbonyl (C=O) groups is 2. The molecule has 0 aliphatic carbocycles. The van der Waals surface area contributed by atoms with E-state index >= 15 is 0 Å². The summed E-state index contributed by atoms with van der Waals surface area (Å²) in [5.74, 6) is 0.135. The highest BCUT2D eigenvalue weighted by atomic mass is 16.7. The number of aryl methyl sites for hydroxylation is 1. The molecule has 244 valence electrons. The number of H-pyrrole nitrogens is 1. The van der Waals surface area contributed by atoms with Crippen molar-refractivity contribution in [3.63, 3.8) is 0 Å². The molecule has 0 bridgehead atoms. The molecular weight excluding hydrogens is 568 g/mol. The Labute approximate surface area is 258 Å². The van der Waals surface area contributed by atoms with Crippen LogP contribution in [0.5, 0.6) is 5.88 Å². The molecule has 2 aliphatic rings. The molecule has 5 atom stereocenters. The van der Waals surface area contributed by atoms with E-state index in [1.807, 2.05) is 43.0 Å². The summed E-state index contributed by atoms with van der Waals surface area (Å²) in [7, 11) is 0. The average Bonchev–Trinajstić information content (AvgIpc) is 3.40. The average molecular weight is 617 g/mol. The Kier molecular flexibility index (Phi) is 11.4. The van der Waals surface area contributed by atoms with Crippen molar-refractivity contribution < 1.29 is 39.5 Å². The number of benzene rings is 1. The minimum Gasteiger partial charge on any atom is -0.443 e. The number of nitrogens with zero attached hydrogens (tertiary/aromatic N) is 2. The number of rotatable bonds is 12. The van der Waals surface area contributed by atoms with Gasteiger partial charge in [-0.05, 0) is 63.0 Å². The van der Waals surface area contributed by atoms with Gasteiger partial charge in [0.15, 0.2) is 0 Å². The first-order valence-electron chi connectivity index (χ1n) is 15.6. The fraction of sp³-hybridized carbons (Fsp3) is 0.656. The topological polar surface area (TPSA) is 177 Å². The lowest BCUT2D eigenvalue weighted by Gasteiger charge is -2.39. The van der Waals surface area contributed by atoms with Crippen LogP contribution in [0.2, 0.25) is 0 Å². The van der Waals surface area contributed by atoms with Crippen LogP contribution in [0.25, 0.3) is 0 Å². The van der Waals surface area contributed by atoms with Crippen molar-refractivity contribution >= 4 is 11.8 Å². The van der Waals surface area contributed by atoms with Gasteiger partial charge in [-0.2, -0.15) is 0 Å². The van der Waals surface area contributed by atoms with Crippen molar-refractivity contribution in [2.45, 2.75) is 115 Å². The summed E-state index contributed by atoms with van der Waals surface area (Å²) in [4.78, 5) is 27.4. The molecular formula is C32H48N4O8. The first-order chi connectivity index (χ1) is 20.9. The first kappa shape index (κ1) is 33.9. The molecule has 1 aromatic carbocycles. The molecule has 44 heavy (non-hydrogen) atoms. The zero-order valence-corrected chi connectivity index (χ0v) is 26.2. The fourth-order valence-electron chi connectivity index (χ4n) is 5.82. The maximum Gasteiger partial charge on any atom is 0.247 e.